The number of carbonyl (C=O) groups excluding carboxylic acids is 1. The van der Waals surface area contributed by atoms with Gasteiger partial charge in [-0.25, -0.2) is 4.79 Å². The molecule has 0 fully saturated rings. The van der Waals surface area contributed by atoms with Crippen molar-refractivity contribution in [2.45, 2.75) is 39.5 Å². The summed E-state index contributed by atoms with van der Waals surface area (Å²) in [5.41, 5.74) is 2.39. The fraction of sp³-hybridized carbons (Fsp3) is 0.571. The molecular formula is C14H20N2O2S2. The second-order valence-electron chi connectivity index (χ2n) is 4.63. The van der Waals surface area contributed by atoms with Crippen LogP contribution in [0, 0.1) is 0 Å². The Morgan fingerprint density at radius 3 is 2.65 bits per heavy atom. The molecule has 0 aromatic carbocycles. The minimum Gasteiger partial charge on any atom is -0.462 e. The maximum absolute atomic E-state index is 12.1. The number of carbonyl (C=O) groups is 1. The maximum atomic E-state index is 12.1. The Labute approximate surface area is 128 Å². The third-order valence-corrected chi connectivity index (χ3v) is 4.66. The zero-order valence-corrected chi connectivity index (χ0v) is 13.5. The molecular weight excluding hydrogens is 292 g/mol. The molecule has 110 valence electrons. The lowest BCUT2D eigenvalue weighted by molar-refractivity contribution is 0.0530. The van der Waals surface area contributed by atoms with Gasteiger partial charge in [-0.1, -0.05) is 0 Å². The molecule has 1 heterocycles. The van der Waals surface area contributed by atoms with Crippen LogP contribution in [0.1, 0.15) is 47.5 Å². The summed E-state index contributed by atoms with van der Waals surface area (Å²) in [7, 11) is 0. The molecule has 0 saturated heterocycles. The number of thiocarbonyl (C=S) groups is 1. The Morgan fingerprint density at radius 1 is 1.30 bits per heavy atom. The molecule has 4 nitrogen and oxygen atoms in total. The predicted octanol–water partition coefficient (Wildman–Crippen LogP) is 3.11. The van der Waals surface area contributed by atoms with Gasteiger partial charge in [-0.05, 0) is 62.9 Å². The molecule has 2 N–H and O–H groups in total. The van der Waals surface area contributed by atoms with E-state index in [1.54, 1.807) is 0 Å². The van der Waals surface area contributed by atoms with Crippen LogP contribution in [0.2, 0.25) is 0 Å². The average molecular weight is 312 g/mol. The van der Waals surface area contributed by atoms with E-state index in [1.165, 1.54) is 16.9 Å². The lowest BCUT2D eigenvalue weighted by Crippen LogP contribution is -2.28. The van der Waals surface area contributed by atoms with Gasteiger partial charge in [-0.3, -0.25) is 0 Å². The fourth-order valence-electron chi connectivity index (χ4n) is 2.40. The fourth-order valence-corrected chi connectivity index (χ4v) is 3.91. The summed E-state index contributed by atoms with van der Waals surface area (Å²) in [4.78, 5) is 12.8. The first kappa shape index (κ1) is 15.3. The zero-order valence-electron chi connectivity index (χ0n) is 11.9. The number of ether oxygens (including phenoxy) is 1. The van der Waals surface area contributed by atoms with Gasteiger partial charge in [0.05, 0.1) is 11.6 Å². The van der Waals surface area contributed by atoms with Gasteiger partial charge in [-0.15, -0.1) is 11.3 Å². The highest BCUT2D eigenvalue weighted by atomic mass is 32.1. The van der Waals surface area contributed by atoms with Gasteiger partial charge >= 0.3 is 5.97 Å². The van der Waals surface area contributed by atoms with Crippen LogP contribution in [-0.2, 0) is 17.6 Å². The highest BCUT2D eigenvalue weighted by Gasteiger charge is 2.25. The third-order valence-electron chi connectivity index (χ3n) is 3.25. The molecule has 0 bridgehead atoms. The van der Waals surface area contributed by atoms with E-state index in [9.17, 15) is 4.79 Å². The molecule has 1 aromatic heterocycles. The van der Waals surface area contributed by atoms with Crippen molar-refractivity contribution in [3.8, 4) is 0 Å². The summed E-state index contributed by atoms with van der Waals surface area (Å²) in [5.74, 6) is -0.210. The highest BCUT2D eigenvalue weighted by molar-refractivity contribution is 7.80. The first-order valence-corrected chi connectivity index (χ1v) is 8.26. The number of anilines is 1. The van der Waals surface area contributed by atoms with Gasteiger partial charge in [0, 0.05) is 6.54 Å². The second-order valence-corrected chi connectivity index (χ2v) is 6.06. The molecule has 0 spiro atoms. The Bertz CT molecular complexity index is 512. The van der Waals surface area contributed by atoms with Crippen LogP contribution in [0.5, 0.6) is 0 Å². The van der Waals surface area contributed by atoms with Crippen LogP contribution in [0.15, 0.2) is 0 Å². The summed E-state index contributed by atoms with van der Waals surface area (Å²) >= 11 is 6.70. The van der Waals surface area contributed by atoms with Crippen molar-refractivity contribution in [1.82, 2.24) is 5.32 Å². The number of rotatable bonds is 4. The molecule has 20 heavy (non-hydrogen) atoms. The lowest BCUT2D eigenvalue weighted by Gasteiger charge is -2.15. The molecule has 0 saturated carbocycles. The first-order chi connectivity index (χ1) is 9.67. The number of hydrogen-bond donors (Lipinski definition) is 2. The Hall–Kier alpha value is -1.14. The normalized spacial score (nSPS) is 13.5. The van der Waals surface area contributed by atoms with Crippen molar-refractivity contribution in [3.05, 3.63) is 16.0 Å². The van der Waals surface area contributed by atoms with Gasteiger partial charge in [0.25, 0.3) is 0 Å². The summed E-state index contributed by atoms with van der Waals surface area (Å²) in [6.07, 6.45) is 4.25. The number of hydrogen-bond acceptors (Lipinski definition) is 4. The van der Waals surface area contributed by atoms with E-state index in [1.807, 2.05) is 13.8 Å². The van der Waals surface area contributed by atoms with Crippen molar-refractivity contribution in [3.63, 3.8) is 0 Å². The Morgan fingerprint density at radius 2 is 2.00 bits per heavy atom. The lowest BCUT2D eigenvalue weighted by atomic mass is 9.93. The zero-order chi connectivity index (χ0) is 14.5. The van der Waals surface area contributed by atoms with Crippen molar-refractivity contribution in [1.29, 1.82) is 0 Å². The number of thiophene rings is 1. The summed E-state index contributed by atoms with van der Waals surface area (Å²) in [5, 5.41) is 7.90. The quantitative estimate of drug-likeness (QED) is 0.661. The highest BCUT2D eigenvalue weighted by Crippen LogP contribution is 2.38. The van der Waals surface area contributed by atoms with Gasteiger partial charge < -0.3 is 15.4 Å². The van der Waals surface area contributed by atoms with Crippen LogP contribution < -0.4 is 10.6 Å². The van der Waals surface area contributed by atoms with Crippen LogP contribution in [0.25, 0.3) is 0 Å². The second kappa shape index (κ2) is 7.04. The minimum atomic E-state index is -0.210. The number of fused-ring (bicyclic) bond motifs is 1. The summed E-state index contributed by atoms with van der Waals surface area (Å²) in [6, 6.07) is 0. The minimum absolute atomic E-state index is 0.210. The van der Waals surface area contributed by atoms with Crippen LogP contribution >= 0.6 is 23.6 Å². The van der Waals surface area contributed by atoms with E-state index in [0.717, 1.165) is 47.7 Å². The SMILES string of the molecule is CCNC(=S)Nc1sc(C(=O)OCC)c2c1CCCC2. The summed E-state index contributed by atoms with van der Waals surface area (Å²) in [6.45, 7) is 5.02. The smallest absolute Gasteiger partial charge is 0.348 e. The maximum Gasteiger partial charge on any atom is 0.348 e. The third kappa shape index (κ3) is 3.30. The van der Waals surface area contributed by atoms with E-state index in [4.69, 9.17) is 17.0 Å². The van der Waals surface area contributed by atoms with Crippen molar-refractivity contribution in [2.75, 3.05) is 18.5 Å². The van der Waals surface area contributed by atoms with Crippen LogP contribution in [0.3, 0.4) is 0 Å². The van der Waals surface area contributed by atoms with Crippen molar-refractivity contribution >= 4 is 39.6 Å². The number of esters is 1. The molecule has 6 heteroatoms. The van der Waals surface area contributed by atoms with E-state index >= 15 is 0 Å². The monoisotopic (exact) mass is 312 g/mol. The first-order valence-electron chi connectivity index (χ1n) is 7.03. The molecule has 0 aliphatic heterocycles. The van der Waals surface area contributed by atoms with Gasteiger partial charge in [0.1, 0.15) is 4.88 Å². The van der Waals surface area contributed by atoms with Crippen molar-refractivity contribution < 1.29 is 9.53 Å². The van der Waals surface area contributed by atoms with E-state index in [2.05, 4.69) is 10.6 Å². The molecule has 1 aliphatic carbocycles. The Balaban J connectivity index is 2.28. The topological polar surface area (TPSA) is 50.4 Å². The van der Waals surface area contributed by atoms with Gasteiger partial charge in [0.2, 0.25) is 0 Å². The molecule has 2 rings (SSSR count). The van der Waals surface area contributed by atoms with Crippen molar-refractivity contribution in [2.24, 2.45) is 0 Å². The summed E-state index contributed by atoms with van der Waals surface area (Å²) < 4.78 is 5.16. The molecule has 0 atom stereocenters. The predicted molar refractivity (Wildman–Crippen MR) is 86.8 cm³/mol. The largest absolute Gasteiger partial charge is 0.462 e. The van der Waals surface area contributed by atoms with Crippen LogP contribution in [-0.4, -0.2) is 24.2 Å². The number of nitrogens with one attached hydrogen (secondary N) is 2. The van der Waals surface area contributed by atoms with Crippen LogP contribution in [0.4, 0.5) is 5.00 Å². The standard InChI is InChI=1S/C14H20N2O2S2/c1-3-15-14(19)16-12-10-8-6-5-7-9(10)11(20-12)13(17)18-4-2/h3-8H2,1-2H3,(H2,15,16,19). The molecule has 0 radical (unpaired) electrons. The Kier molecular flexibility index (Phi) is 5.37. The van der Waals surface area contributed by atoms with E-state index < -0.39 is 0 Å². The molecule has 0 amide bonds. The van der Waals surface area contributed by atoms with E-state index in [-0.39, 0.29) is 5.97 Å². The van der Waals surface area contributed by atoms with E-state index in [0.29, 0.717) is 11.7 Å². The van der Waals surface area contributed by atoms with Gasteiger partial charge in [0.15, 0.2) is 5.11 Å². The average Bonchev–Trinajstić information content (AvgIpc) is 2.79. The molecule has 0 unspecified atom stereocenters. The molecule has 1 aliphatic rings. The van der Waals surface area contributed by atoms with Gasteiger partial charge in [-0.2, -0.15) is 0 Å². The molecule has 1 aromatic rings.